The second kappa shape index (κ2) is 8.13. The van der Waals surface area contributed by atoms with Crippen LogP contribution in [0.3, 0.4) is 0 Å². The molecule has 1 atom stereocenters. The Bertz CT molecular complexity index is 1100. The lowest BCUT2D eigenvalue weighted by atomic mass is 9.85. The first-order chi connectivity index (χ1) is 14.6. The molecule has 0 spiro atoms. The van der Waals surface area contributed by atoms with Gasteiger partial charge >= 0.3 is 5.97 Å². The lowest BCUT2D eigenvalue weighted by Crippen LogP contribution is -2.56. The number of esters is 1. The van der Waals surface area contributed by atoms with Gasteiger partial charge in [-0.3, -0.25) is 4.79 Å². The Morgan fingerprint density at radius 3 is 2.17 bits per heavy atom. The maximum atomic E-state index is 13.5. The van der Waals surface area contributed by atoms with Crippen molar-refractivity contribution in [3.05, 3.63) is 107 Å². The number of cyclic esters (lactones) is 1. The van der Waals surface area contributed by atoms with Crippen LogP contribution in [-0.4, -0.2) is 22.8 Å². The molecule has 1 amide bonds. The molecule has 1 heterocycles. The van der Waals surface area contributed by atoms with Gasteiger partial charge in [0.2, 0.25) is 5.90 Å². The van der Waals surface area contributed by atoms with E-state index in [0.29, 0.717) is 21.7 Å². The van der Waals surface area contributed by atoms with E-state index in [1.165, 1.54) is 5.01 Å². The number of carbonyl (C=O) groups is 2. The Morgan fingerprint density at radius 1 is 0.967 bits per heavy atom. The third-order valence-corrected chi connectivity index (χ3v) is 5.40. The topological polar surface area (TPSA) is 59.0 Å². The lowest BCUT2D eigenvalue weighted by Gasteiger charge is -2.41. The molecule has 0 saturated heterocycles. The maximum Gasteiger partial charge on any atom is 0.345 e. The highest BCUT2D eigenvalue weighted by Crippen LogP contribution is 2.39. The summed E-state index contributed by atoms with van der Waals surface area (Å²) in [6.07, 6.45) is 0.275. The molecule has 0 unspecified atom stereocenters. The van der Waals surface area contributed by atoms with E-state index in [4.69, 9.17) is 16.3 Å². The van der Waals surface area contributed by atoms with Gasteiger partial charge in [-0.25, -0.2) is 9.80 Å². The summed E-state index contributed by atoms with van der Waals surface area (Å²) in [5.74, 6) is -0.870. The molecule has 1 aliphatic rings. The molecule has 6 heteroatoms. The summed E-state index contributed by atoms with van der Waals surface area (Å²) in [4.78, 5) is 27.0. The summed E-state index contributed by atoms with van der Waals surface area (Å²) in [5, 5.41) is 6.31. The molecule has 0 N–H and O–H groups in total. The SMILES string of the molecule is CC[C@@]1(c2ccc(Cl)cc2)C(=O)OC(c2ccccc2)=NN1C(=O)c1ccccc1. The fraction of sp³-hybridized carbons (Fsp3) is 0.125. The smallest absolute Gasteiger partial charge is 0.345 e. The van der Waals surface area contributed by atoms with E-state index < -0.39 is 17.4 Å². The van der Waals surface area contributed by atoms with E-state index in [1.54, 1.807) is 60.7 Å². The molecule has 30 heavy (non-hydrogen) atoms. The van der Waals surface area contributed by atoms with Gasteiger partial charge in [0.15, 0.2) is 5.54 Å². The first kappa shape index (κ1) is 19.9. The van der Waals surface area contributed by atoms with Crippen LogP contribution in [0.25, 0.3) is 0 Å². The molecule has 5 nitrogen and oxygen atoms in total. The zero-order valence-corrected chi connectivity index (χ0v) is 17.0. The molecular weight excluding hydrogens is 400 g/mol. The number of amides is 1. The first-order valence-electron chi connectivity index (χ1n) is 9.58. The third-order valence-electron chi connectivity index (χ3n) is 5.15. The number of hydrogen-bond donors (Lipinski definition) is 0. The summed E-state index contributed by atoms with van der Waals surface area (Å²) in [6, 6.07) is 24.6. The Labute approximate surface area is 179 Å². The Morgan fingerprint density at radius 2 is 1.57 bits per heavy atom. The quantitative estimate of drug-likeness (QED) is 0.560. The number of rotatable bonds is 4. The van der Waals surface area contributed by atoms with Crippen LogP contribution in [0.5, 0.6) is 0 Å². The predicted molar refractivity (Wildman–Crippen MR) is 115 cm³/mol. The summed E-state index contributed by atoms with van der Waals surface area (Å²) < 4.78 is 5.66. The van der Waals surface area contributed by atoms with E-state index in [9.17, 15) is 9.59 Å². The van der Waals surface area contributed by atoms with Crippen molar-refractivity contribution in [1.29, 1.82) is 0 Å². The zero-order valence-electron chi connectivity index (χ0n) is 16.3. The van der Waals surface area contributed by atoms with Gasteiger partial charge in [-0.05, 0) is 48.4 Å². The van der Waals surface area contributed by atoms with Crippen LogP contribution in [0.15, 0.2) is 90.0 Å². The molecular formula is C24H19ClN2O3. The number of hydrogen-bond acceptors (Lipinski definition) is 4. The molecule has 1 aliphatic heterocycles. The van der Waals surface area contributed by atoms with Crippen molar-refractivity contribution in [3.63, 3.8) is 0 Å². The van der Waals surface area contributed by atoms with Crippen molar-refractivity contribution >= 4 is 29.4 Å². The van der Waals surface area contributed by atoms with Crippen molar-refractivity contribution in [2.45, 2.75) is 18.9 Å². The summed E-state index contributed by atoms with van der Waals surface area (Å²) in [5.41, 5.74) is 0.211. The fourth-order valence-corrected chi connectivity index (χ4v) is 3.66. The highest BCUT2D eigenvalue weighted by atomic mass is 35.5. The van der Waals surface area contributed by atoms with E-state index >= 15 is 0 Å². The van der Waals surface area contributed by atoms with Gasteiger partial charge in [0, 0.05) is 16.1 Å². The fourth-order valence-electron chi connectivity index (χ4n) is 3.54. The molecule has 4 rings (SSSR count). The molecule has 0 saturated carbocycles. The van der Waals surface area contributed by atoms with Gasteiger partial charge < -0.3 is 4.74 Å². The highest BCUT2D eigenvalue weighted by molar-refractivity contribution is 6.30. The Balaban J connectivity index is 1.91. The van der Waals surface area contributed by atoms with Crippen molar-refractivity contribution in [3.8, 4) is 0 Å². The van der Waals surface area contributed by atoms with Crippen molar-refractivity contribution in [1.82, 2.24) is 5.01 Å². The summed E-state index contributed by atoms with van der Waals surface area (Å²) in [6.45, 7) is 1.82. The normalized spacial score (nSPS) is 18.5. The summed E-state index contributed by atoms with van der Waals surface area (Å²) in [7, 11) is 0. The molecule has 150 valence electrons. The van der Waals surface area contributed by atoms with Gasteiger partial charge in [0.05, 0.1) is 0 Å². The molecule has 0 fully saturated rings. The van der Waals surface area contributed by atoms with E-state index in [0.717, 1.165) is 0 Å². The van der Waals surface area contributed by atoms with Crippen LogP contribution in [0.4, 0.5) is 0 Å². The molecule has 3 aromatic carbocycles. The van der Waals surface area contributed by atoms with Gasteiger partial charge in [0.25, 0.3) is 5.91 Å². The Kier molecular flexibility index (Phi) is 5.38. The van der Waals surface area contributed by atoms with E-state index in [2.05, 4.69) is 5.10 Å². The van der Waals surface area contributed by atoms with E-state index in [-0.39, 0.29) is 12.3 Å². The van der Waals surface area contributed by atoms with Crippen LogP contribution in [0.2, 0.25) is 5.02 Å². The van der Waals surface area contributed by atoms with Crippen LogP contribution in [0, 0.1) is 0 Å². The standard InChI is InChI=1S/C24H19ClN2O3/c1-2-24(19-13-15-20(25)16-14-19)23(29)30-21(17-9-5-3-6-10-17)26-27(24)22(28)18-11-7-4-8-12-18/h3-16H,2H2,1H3/t24-/m1/s1. The van der Waals surface area contributed by atoms with Gasteiger partial charge in [-0.2, -0.15) is 0 Å². The van der Waals surface area contributed by atoms with Crippen molar-refractivity contribution in [2.24, 2.45) is 5.10 Å². The number of halogens is 1. The molecule has 0 bridgehead atoms. The summed E-state index contributed by atoms with van der Waals surface area (Å²) >= 11 is 6.05. The van der Waals surface area contributed by atoms with Crippen molar-refractivity contribution < 1.29 is 14.3 Å². The zero-order chi connectivity index (χ0) is 21.1. The van der Waals surface area contributed by atoms with Crippen LogP contribution < -0.4 is 0 Å². The second-order valence-corrected chi connectivity index (χ2v) is 7.30. The second-order valence-electron chi connectivity index (χ2n) is 6.86. The average Bonchev–Trinajstić information content (AvgIpc) is 2.80. The minimum atomic E-state index is -1.41. The van der Waals surface area contributed by atoms with Crippen LogP contribution in [-0.2, 0) is 15.1 Å². The molecule has 0 aromatic heterocycles. The van der Waals surface area contributed by atoms with Gasteiger partial charge in [-0.15, -0.1) is 5.10 Å². The lowest BCUT2D eigenvalue weighted by molar-refractivity contribution is -0.152. The number of nitrogens with zero attached hydrogens (tertiary/aromatic N) is 2. The number of ether oxygens (including phenoxy) is 1. The maximum absolute atomic E-state index is 13.5. The highest BCUT2D eigenvalue weighted by Gasteiger charge is 2.52. The van der Waals surface area contributed by atoms with Gasteiger partial charge in [-0.1, -0.05) is 67.1 Å². The largest absolute Gasteiger partial charge is 0.403 e. The number of hydrazone groups is 1. The van der Waals surface area contributed by atoms with Crippen LogP contribution in [0.1, 0.15) is 34.8 Å². The monoisotopic (exact) mass is 418 g/mol. The molecule has 0 radical (unpaired) electrons. The number of carbonyl (C=O) groups excluding carboxylic acids is 2. The number of benzene rings is 3. The predicted octanol–water partition coefficient (Wildman–Crippen LogP) is 5.01. The van der Waals surface area contributed by atoms with Gasteiger partial charge in [0.1, 0.15) is 0 Å². The first-order valence-corrected chi connectivity index (χ1v) is 9.96. The molecule has 3 aromatic rings. The third kappa shape index (κ3) is 3.37. The van der Waals surface area contributed by atoms with E-state index in [1.807, 2.05) is 31.2 Å². The average molecular weight is 419 g/mol. The molecule has 0 aliphatic carbocycles. The van der Waals surface area contributed by atoms with Crippen LogP contribution >= 0.6 is 11.6 Å². The Hall–Kier alpha value is -3.44. The minimum absolute atomic E-state index is 0.0860. The minimum Gasteiger partial charge on any atom is -0.403 e. The van der Waals surface area contributed by atoms with Crippen molar-refractivity contribution in [2.75, 3.05) is 0 Å².